The van der Waals surface area contributed by atoms with Gasteiger partial charge in [-0.2, -0.15) is 5.26 Å². The van der Waals surface area contributed by atoms with Crippen LogP contribution in [0.5, 0.6) is 0 Å². The van der Waals surface area contributed by atoms with Crippen LogP contribution in [0, 0.1) is 16.7 Å². The third kappa shape index (κ3) is 1.99. The Labute approximate surface area is 123 Å². The molecule has 0 radical (unpaired) electrons. The Morgan fingerprint density at radius 3 is 2.76 bits per heavy atom. The first-order valence-electron chi connectivity index (χ1n) is 7.10. The highest BCUT2D eigenvalue weighted by Crippen LogP contribution is 2.41. The van der Waals surface area contributed by atoms with Gasteiger partial charge < -0.3 is 4.90 Å². The highest BCUT2D eigenvalue weighted by atomic mass is 16.2. The molecular formula is C16H17N3O2. The molecule has 2 aliphatic rings. The summed E-state index contributed by atoms with van der Waals surface area (Å²) in [5, 5.41) is 8.98. The predicted octanol–water partition coefficient (Wildman–Crippen LogP) is 2.52. The number of imide groups is 1. The second-order valence-corrected chi connectivity index (χ2v) is 6.31. The number of fused-ring (bicyclic) bond motifs is 1. The van der Waals surface area contributed by atoms with Crippen molar-refractivity contribution in [3.05, 3.63) is 29.8 Å². The predicted molar refractivity (Wildman–Crippen MR) is 77.5 cm³/mol. The molecule has 0 spiro atoms. The van der Waals surface area contributed by atoms with Crippen molar-refractivity contribution in [3.63, 3.8) is 0 Å². The van der Waals surface area contributed by atoms with E-state index in [4.69, 9.17) is 5.26 Å². The lowest BCUT2D eigenvalue weighted by atomic mass is 9.77. The third-order valence-corrected chi connectivity index (χ3v) is 4.40. The summed E-state index contributed by atoms with van der Waals surface area (Å²) in [4.78, 5) is 28.2. The molecule has 108 valence electrons. The molecule has 21 heavy (non-hydrogen) atoms. The molecule has 5 heteroatoms. The lowest BCUT2D eigenvalue weighted by Crippen LogP contribution is -2.49. The van der Waals surface area contributed by atoms with Gasteiger partial charge in [0.05, 0.1) is 17.3 Å². The van der Waals surface area contributed by atoms with Crippen LogP contribution in [0.1, 0.15) is 32.3 Å². The largest absolute Gasteiger partial charge is 0.332 e. The average molecular weight is 283 g/mol. The van der Waals surface area contributed by atoms with Gasteiger partial charge in [0.25, 0.3) is 5.91 Å². The number of anilines is 1. The highest BCUT2D eigenvalue weighted by molar-refractivity contribution is 6.21. The maximum Gasteiger partial charge on any atom is 0.332 e. The minimum absolute atomic E-state index is 0.181. The second-order valence-electron chi connectivity index (χ2n) is 6.31. The summed E-state index contributed by atoms with van der Waals surface area (Å²) >= 11 is 0. The summed E-state index contributed by atoms with van der Waals surface area (Å²) in [6.45, 7) is 4.68. The molecular weight excluding hydrogens is 266 g/mol. The Kier molecular flexibility index (Phi) is 2.98. The first-order chi connectivity index (χ1) is 9.95. The van der Waals surface area contributed by atoms with E-state index in [1.807, 2.05) is 19.9 Å². The normalized spacial score (nSPS) is 24.0. The Bertz CT molecular complexity index is 660. The van der Waals surface area contributed by atoms with Gasteiger partial charge in [-0.05, 0) is 36.5 Å². The van der Waals surface area contributed by atoms with Gasteiger partial charge in [-0.15, -0.1) is 0 Å². The molecule has 0 saturated carbocycles. The van der Waals surface area contributed by atoms with Crippen molar-refractivity contribution in [2.24, 2.45) is 5.41 Å². The lowest BCUT2D eigenvalue weighted by Gasteiger charge is -2.39. The Balaban J connectivity index is 2.03. The van der Waals surface area contributed by atoms with Crippen LogP contribution in [0.3, 0.4) is 0 Å². The van der Waals surface area contributed by atoms with Crippen molar-refractivity contribution in [3.8, 4) is 6.07 Å². The zero-order valence-electron chi connectivity index (χ0n) is 12.2. The molecule has 1 unspecified atom stereocenters. The summed E-state index contributed by atoms with van der Waals surface area (Å²) in [5.41, 5.74) is 0.707. The number of benzene rings is 1. The Hall–Kier alpha value is -2.35. The van der Waals surface area contributed by atoms with Crippen LogP contribution in [-0.4, -0.2) is 29.4 Å². The molecule has 3 amide bonds. The Morgan fingerprint density at radius 1 is 1.33 bits per heavy atom. The van der Waals surface area contributed by atoms with Crippen LogP contribution < -0.4 is 4.90 Å². The fraction of sp³-hybridized carbons (Fsp3) is 0.438. The summed E-state index contributed by atoms with van der Waals surface area (Å²) < 4.78 is 0. The van der Waals surface area contributed by atoms with Gasteiger partial charge in [-0.25, -0.2) is 9.69 Å². The summed E-state index contributed by atoms with van der Waals surface area (Å²) in [5.74, 6) is -0.181. The molecule has 2 heterocycles. The van der Waals surface area contributed by atoms with Crippen LogP contribution >= 0.6 is 0 Å². The van der Waals surface area contributed by atoms with Gasteiger partial charge in [-0.1, -0.05) is 19.9 Å². The van der Waals surface area contributed by atoms with E-state index in [9.17, 15) is 9.59 Å². The number of rotatable bonds is 1. The van der Waals surface area contributed by atoms with E-state index in [0.29, 0.717) is 17.8 Å². The average Bonchev–Trinajstić information content (AvgIpc) is 2.71. The van der Waals surface area contributed by atoms with Crippen molar-refractivity contribution in [2.75, 3.05) is 11.4 Å². The number of hydrogen-bond donors (Lipinski definition) is 0. The second kappa shape index (κ2) is 4.59. The smallest absolute Gasteiger partial charge is 0.311 e. The van der Waals surface area contributed by atoms with Crippen LogP contribution in [0.4, 0.5) is 10.5 Å². The van der Waals surface area contributed by atoms with E-state index in [1.165, 1.54) is 4.90 Å². The van der Waals surface area contributed by atoms with E-state index in [0.717, 1.165) is 12.8 Å². The number of hydrogen-bond acceptors (Lipinski definition) is 3. The van der Waals surface area contributed by atoms with Crippen molar-refractivity contribution in [1.82, 2.24) is 4.90 Å². The van der Waals surface area contributed by atoms with Gasteiger partial charge >= 0.3 is 6.03 Å². The molecule has 1 atom stereocenters. The first-order valence-corrected chi connectivity index (χ1v) is 7.10. The molecule has 3 rings (SSSR count). The van der Waals surface area contributed by atoms with E-state index >= 15 is 0 Å². The van der Waals surface area contributed by atoms with E-state index < -0.39 is 6.04 Å². The molecule has 2 saturated heterocycles. The van der Waals surface area contributed by atoms with Crippen molar-refractivity contribution in [2.45, 2.75) is 32.7 Å². The number of amides is 3. The molecule has 2 fully saturated rings. The SMILES string of the molecule is CC1(C)CCCN2C(=O)N(c3cccc(C#N)c3)C(=O)C21. The maximum absolute atomic E-state index is 12.7. The quantitative estimate of drug-likeness (QED) is 0.744. The van der Waals surface area contributed by atoms with E-state index in [1.54, 1.807) is 29.2 Å². The number of piperidine rings is 1. The summed E-state index contributed by atoms with van der Waals surface area (Å²) in [6, 6.07) is 8.00. The lowest BCUT2D eigenvalue weighted by molar-refractivity contribution is -0.124. The minimum Gasteiger partial charge on any atom is -0.311 e. The molecule has 5 nitrogen and oxygen atoms in total. The number of carbonyl (C=O) groups is 2. The molecule has 0 aliphatic carbocycles. The molecule has 2 aliphatic heterocycles. The maximum atomic E-state index is 12.7. The van der Waals surface area contributed by atoms with Crippen LogP contribution in [0.15, 0.2) is 24.3 Å². The van der Waals surface area contributed by atoms with Crippen molar-refractivity contribution in [1.29, 1.82) is 5.26 Å². The fourth-order valence-electron chi connectivity index (χ4n) is 3.36. The molecule has 0 bridgehead atoms. The Morgan fingerprint density at radius 2 is 2.10 bits per heavy atom. The number of carbonyl (C=O) groups excluding carboxylic acids is 2. The molecule has 0 N–H and O–H groups in total. The minimum atomic E-state index is -0.399. The van der Waals surface area contributed by atoms with Crippen LogP contribution in [0.25, 0.3) is 0 Å². The third-order valence-electron chi connectivity index (χ3n) is 4.40. The standard InChI is InChI=1S/C16H17N3O2/c1-16(2)7-4-8-18-13(16)14(20)19(15(18)21)12-6-3-5-11(9-12)10-17/h3,5-6,9,13H,4,7-8H2,1-2H3. The molecule has 0 aromatic heterocycles. The summed E-state index contributed by atoms with van der Waals surface area (Å²) in [7, 11) is 0. The first kappa shape index (κ1) is 13.6. The van der Waals surface area contributed by atoms with Gasteiger partial charge in [-0.3, -0.25) is 4.79 Å². The number of nitrogens with zero attached hydrogens (tertiary/aromatic N) is 3. The molecule has 1 aromatic rings. The highest BCUT2D eigenvalue weighted by Gasteiger charge is 2.54. The number of urea groups is 1. The topological polar surface area (TPSA) is 64.4 Å². The van der Waals surface area contributed by atoms with E-state index in [-0.39, 0.29) is 17.4 Å². The van der Waals surface area contributed by atoms with Crippen molar-refractivity contribution < 1.29 is 9.59 Å². The van der Waals surface area contributed by atoms with Gasteiger partial charge in [0.2, 0.25) is 0 Å². The van der Waals surface area contributed by atoms with Crippen LogP contribution in [0.2, 0.25) is 0 Å². The monoisotopic (exact) mass is 283 g/mol. The van der Waals surface area contributed by atoms with Crippen LogP contribution in [-0.2, 0) is 4.79 Å². The van der Waals surface area contributed by atoms with Gasteiger partial charge in [0, 0.05) is 6.54 Å². The van der Waals surface area contributed by atoms with E-state index in [2.05, 4.69) is 0 Å². The van der Waals surface area contributed by atoms with Gasteiger partial charge in [0.1, 0.15) is 6.04 Å². The fourth-order valence-corrected chi connectivity index (χ4v) is 3.36. The number of nitriles is 1. The van der Waals surface area contributed by atoms with Crippen molar-refractivity contribution >= 4 is 17.6 Å². The zero-order valence-corrected chi connectivity index (χ0v) is 12.2. The molecule has 1 aromatic carbocycles. The summed E-state index contributed by atoms with van der Waals surface area (Å²) in [6.07, 6.45) is 1.84. The van der Waals surface area contributed by atoms with Gasteiger partial charge in [0.15, 0.2) is 0 Å². The zero-order chi connectivity index (χ0) is 15.2.